The summed E-state index contributed by atoms with van der Waals surface area (Å²) in [5.41, 5.74) is 1.14. The van der Waals surface area contributed by atoms with Gasteiger partial charge in [0.2, 0.25) is 0 Å². The molecule has 1 aromatic rings. The Morgan fingerprint density at radius 3 is 2.14 bits per heavy atom. The molecule has 116 valence electrons. The van der Waals surface area contributed by atoms with Crippen LogP contribution in [-0.2, 0) is 9.47 Å². The molecule has 21 heavy (non-hydrogen) atoms. The normalized spacial score (nSPS) is 33.8. The topological polar surface area (TPSA) is 18.5 Å². The van der Waals surface area contributed by atoms with Gasteiger partial charge in [-0.25, -0.2) is 0 Å². The van der Waals surface area contributed by atoms with Crippen molar-refractivity contribution in [2.45, 2.75) is 51.7 Å². The lowest BCUT2D eigenvalue weighted by Crippen LogP contribution is -2.27. The molecule has 1 aromatic carbocycles. The first-order chi connectivity index (χ1) is 10.3. The van der Waals surface area contributed by atoms with Crippen molar-refractivity contribution in [3.05, 3.63) is 35.9 Å². The Kier molecular flexibility index (Phi) is 5.32. The van der Waals surface area contributed by atoms with Crippen molar-refractivity contribution in [3.8, 4) is 0 Å². The van der Waals surface area contributed by atoms with Crippen LogP contribution in [-0.4, -0.2) is 13.2 Å². The summed E-state index contributed by atoms with van der Waals surface area (Å²) < 4.78 is 11.8. The minimum absolute atomic E-state index is 0.155. The monoisotopic (exact) mass is 288 g/mol. The summed E-state index contributed by atoms with van der Waals surface area (Å²) in [6.07, 6.45) is 8.19. The average Bonchev–Trinajstić information content (AvgIpc) is 2.56. The molecule has 0 aromatic heterocycles. The van der Waals surface area contributed by atoms with E-state index in [2.05, 4.69) is 19.1 Å². The van der Waals surface area contributed by atoms with E-state index in [-0.39, 0.29) is 6.29 Å². The van der Waals surface area contributed by atoms with Gasteiger partial charge in [-0.05, 0) is 18.3 Å². The number of benzene rings is 1. The second-order valence-corrected chi connectivity index (χ2v) is 6.98. The van der Waals surface area contributed by atoms with Gasteiger partial charge in [0, 0.05) is 11.5 Å². The Morgan fingerprint density at radius 2 is 1.48 bits per heavy atom. The van der Waals surface area contributed by atoms with Crippen LogP contribution in [0.3, 0.4) is 0 Å². The smallest absolute Gasteiger partial charge is 0.183 e. The van der Waals surface area contributed by atoms with Crippen LogP contribution in [0.2, 0.25) is 0 Å². The van der Waals surface area contributed by atoms with Gasteiger partial charge in [0.15, 0.2) is 6.29 Å². The Balaban J connectivity index is 1.38. The SMILES string of the molecule is CC1CCC(CCC2COC(c3ccccc3)OC2)CC1. The van der Waals surface area contributed by atoms with E-state index in [1.807, 2.05) is 18.2 Å². The molecule has 2 aliphatic rings. The summed E-state index contributed by atoms with van der Waals surface area (Å²) in [4.78, 5) is 0. The molecule has 1 heterocycles. The summed E-state index contributed by atoms with van der Waals surface area (Å²) in [6, 6.07) is 10.3. The highest BCUT2D eigenvalue weighted by atomic mass is 16.7. The number of hydrogen-bond acceptors (Lipinski definition) is 2. The van der Waals surface area contributed by atoms with E-state index in [0.29, 0.717) is 5.92 Å². The van der Waals surface area contributed by atoms with Gasteiger partial charge in [-0.3, -0.25) is 0 Å². The zero-order valence-corrected chi connectivity index (χ0v) is 13.2. The van der Waals surface area contributed by atoms with E-state index in [1.165, 1.54) is 38.5 Å². The first kappa shape index (κ1) is 15.1. The molecular weight excluding hydrogens is 260 g/mol. The van der Waals surface area contributed by atoms with Gasteiger partial charge in [-0.1, -0.05) is 69.4 Å². The minimum atomic E-state index is -0.155. The summed E-state index contributed by atoms with van der Waals surface area (Å²) in [5, 5.41) is 0. The van der Waals surface area contributed by atoms with E-state index in [4.69, 9.17) is 9.47 Å². The lowest BCUT2D eigenvalue weighted by molar-refractivity contribution is -0.206. The van der Waals surface area contributed by atoms with Crippen molar-refractivity contribution in [1.29, 1.82) is 0 Å². The lowest BCUT2D eigenvalue weighted by atomic mass is 9.80. The van der Waals surface area contributed by atoms with E-state index < -0.39 is 0 Å². The molecule has 0 bridgehead atoms. The second-order valence-electron chi connectivity index (χ2n) is 6.98. The Bertz CT molecular complexity index is 401. The Labute approximate surface area is 128 Å². The summed E-state index contributed by atoms with van der Waals surface area (Å²) in [6.45, 7) is 4.09. The van der Waals surface area contributed by atoms with Gasteiger partial charge in [-0.2, -0.15) is 0 Å². The molecule has 1 aliphatic heterocycles. The maximum atomic E-state index is 5.91. The van der Waals surface area contributed by atoms with Gasteiger partial charge < -0.3 is 9.47 Å². The van der Waals surface area contributed by atoms with Crippen LogP contribution < -0.4 is 0 Å². The van der Waals surface area contributed by atoms with Gasteiger partial charge in [-0.15, -0.1) is 0 Å². The van der Waals surface area contributed by atoms with Crippen molar-refractivity contribution < 1.29 is 9.47 Å². The number of hydrogen-bond donors (Lipinski definition) is 0. The van der Waals surface area contributed by atoms with E-state index in [9.17, 15) is 0 Å². The van der Waals surface area contributed by atoms with Crippen LogP contribution >= 0.6 is 0 Å². The molecule has 3 rings (SSSR count). The number of rotatable bonds is 4. The summed E-state index contributed by atoms with van der Waals surface area (Å²) in [7, 11) is 0. The first-order valence-corrected chi connectivity index (χ1v) is 8.59. The molecule has 0 spiro atoms. The van der Waals surface area contributed by atoms with E-state index in [1.54, 1.807) is 0 Å². The molecule has 2 heteroatoms. The maximum absolute atomic E-state index is 5.91. The van der Waals surface area contributed by atoms with Crippen LogP contribution in [0.5, 0.6) is 0 Å². The van der Waals surface area contributed by atoms with Crippen molar-refractivity contribution in [3.63, 3.8) is 0 Å². The van der Waals surface area contributed by atoms with Crippen LogP contribution in [0.1, 0.15) is 57.3 Å². The fourth-order valence-electron chi connectivity index (χ4n) is 3.60. The standard InChI is InChI=1S/C19H28O2/c1-15-7-9-16(10-8-15)11-12-17-13-20-19(21-14-17)18-5-3-2-4-6-18/h2-6,15-17,19H,7-14H2,1H3. The van der Waals surface area contributed by atoms with Crippen LogP contribution in [0.25, 0.3) is 0 Å². The third-order valence-corrected chi connectivity index (χ3v) is 5.16. The highest BCUT2D eigenvalue weighted by Gasteiger charge is 2.25. The van der Waals surface area contributed by atoms with Crippen molar-refractivity contribution in [2.75, 3.05) is 13.2 Å². The lowest BCUT2D eigenvalue weighted by Gasteiger charge is -2.31. The predicted molar refractivity (Wildman–Crippen MR) is 84.9 cm³/mol. The van der Waals surface area contributed by atoms with Gasteiger partial charge in [0.25, 0.3) is 0 Å². The summed E-state index contributed by atoms with van der Waals surface area (Å²) in [5.74, 6) is 2.49. The van der Waals surface area contributed by atoms with Crippen LogP contribution in [0.4, 0.5) is 0 Å². The Morgan fingerprint density at radius 1 is 0.857 bits per heavy atom. The molecular formula is C19H28O2. The van der Waals surface area contributed by atoms with E-state index in [0.717, 1.165) is 30.6 Å². The fraction of sp³-hybridized carbons (Fsp3) is 0.684. The maximum Gasteiger partial charge on any atom is 0.183 e. The van der Waals surface area contributed by atoms with Crippen LogP contribution in [0, 0.1) is 17.8 Å². The predicted octanol–water partition coefficient (Wildman–Crippen LogP) is 4.95. The second kappa shape index (κ2) is 7.42. The molecule has 1 saturated heterocycles. The molecule has 2 fully saturated rings. The van der Waals surface area contributed by atoms with Crippen LogP contribution in [0.15, 0.2) is 30.3 Å². The highest BCUT2D eigenvalue weighted by Crippen LogP contribution is 2.33. The number of ether oxygens (including phenoxy) is 2. The van der Waals surface area contributed by atoms with Crippen molar-refractivity contribution >= 4 is 0 Å². The molecule has 2 nitrogen and oxygen atoms in total. The van der Waals surface area contributed by atoms with E-state index >= 15 is 0 Å². The third-order valence-electron chi connectivity index (χ3n) is 5.16. The minimum Gasteiger partial charge on any atom is -0.348 e. The molecule has 0 N–H and O–H groups in total. The third kappa shape index (κ3) is 4.31. The van der Waals surface area contributed by atoms with Crippen molar-refractivity contribution in [2.24, 2.45) is 17.8 Å². The quantitative estimate of drug-likeness (QED) is 0.780. The zero-order chi connectivity index (χ0) is 14.5. The van der Waals surface area contributed by atoms with Gasteiger partial charge in [0.05, 0.1) is 13.2 Å². The molecule has 1 aliphatic carbocycles. The molecule has 0 unspecified atom stereocenters. The van der Waals surface area contributed by atoms with Crippen molar-refractivity contribution in [1.82, 2.24) is 0 Å². The Hall–Kier alpha value is -0.860. The molecule has 0 atom stereocenters. The first-order valence-electron chi connectivity index (χ1n) is 8.59. The van der Waals surface area contributed by atoms with Gasteiger partial charge in [0.1, 0.15) is 0 Å². The molecule has 0 amide bonds. The highest BCUT2D eigenvalue weighted by molar-refractivity contribution is 5.16. The average molecular weight is 288 g/mol. The summed E-state index contributed by atoms with van der Waals surface area (Å²) >= 11 is 0. The zero-order valence-electron chi connectivity index (χ0n) is 13.2. The molecule has 0 radical (unpaired) electrons. The van der Waals surface area contributed by atoms with Gasteiger partial charge >= 0.3 is 0 Å². The molecule has 1 saturated carbocycles. The largest absolute Gasteiger partial charge is 0.348 e. The fourth-order valence-corrected chi connectivity index (χ4v) is 3.60.